The summed E-state index contributed by atoms with van der Waals surface area (Å²) in [7, 11) is 1.66. The predicted octanol–water partition coefficient (Wildman–Crippen LogP) is 6.11. The molecule has 4 rings (SSSR count). The molecule has 0 aliphatic heterocycles. The molecule has 0 radical (unpaired) electrons. The highest BCUT2D eigenvalue weighted by molar-refractivity contribution is 5.69. The van der Waals surface area contributed by atoms with Gasteiger partial charge in [0.15, 0.2) is 17.5 Å². The van der Waals surface area contributed by atoms with Gasteiger partial charge in [-0.05, 0) is 63.1 Å². The van der Waals surface area contributed by atoms with Crippen molar-refractivity contribution in [2.24, 2.45) is 0 Å². The third-order valence-corrected chi connectivity index (χ3v) is 5.23. The molecule has 0 atom stereocenters. The Balaban J connectivity index is 1.93. The normalized spacial score (nSPS) is 10.8. The van der Waals surface area contributed by atoms with Crippen molar-refractivity contribution in [1.82, 2.24) is 15.0 Å². The average molecular weight is 396 g/mol. The van der Waals surface area contributed by atoms with Crippen LogP contribution in [-0.2, 0) is 0 Å². The van der Waals surface area contributed by atoms with E-state index in [1.54, 1.807) is 7.11 Å². The zero-order valence-electron chi connectivity index (χ0n) is 18.0. The second-order valence-electron chi connectivity index (χ2n) is 7.67. The summed E-state index contributed by atoms with van der Waals surface area (Å²) in [4.78, 5) is 14.5. The third kappa shape index (κ3) is 3.94. The molecule has 0 fully saturated rings. The van der Waals surface area contributed by atoms with E-state index in [1.165, 1.54) is 11.1 Å². The van der Waals surface area contributed by atoms with E-state index in [-0.39, 0.29) is 0 Å². The van der Waals surface area contributed by atoms with Crippen LogP contribution in [-0.4, -0.2) is 22.1 Å². The van der Waals surface area contributed by atoms with Crippen molar-refractivity contribution in [2.45, 2.75) is 27.7 Å². The van der Waals surface area contributed by atoms with Crippen LogP contribution in [0.3, 0.4) is 0 Å². The van der Waals surface area contributed by atoms with Crippen LogP contribution >= 0.6 is 0 Å². The zero-order chi connectivity index (χ0) is 21.3. The van der Waals surface area contributed by atoms with Gasteiger partial charge in [-0.15, -0.1) is 0 Å². The Bertz CT molecular complexity index is 1140. The molecule has 0 aliphatic rings. The molecular weight excluding hydrogens is 370 g/mol. The van der Waals surface area contributed by atoms with Crippen LogP contribution < -0.4 is 4.74 Å². The fraction of sp³-hybridized carbons (Fsp3) is 0.192. The molecular formula is C26H25N3O. The highest BCUT2D eigenvalue weighted by atomic mass is 16.5. The van der Waals surface area contributed by atoms with Gasteiger partial charge in [-0.3, -0.25) is 0 Å². The van der Waals surface area contributed by atoms with Crippen LogP contribution in [0.4, 0.5) is 0 Å². The minimum absolute atomic E-state index is 0.651. The number of benzene rings is 3. The fourth-order valence-corrected chi connectivity index (χ4v) is 3.61. The van der Waals surface area contributed by atoms with Gasteiger partial charge in [-0.1, -0.05) is 47.5 Å². The quantitative estimate of drug-likeness (QED) is 0.418. The predicted molar refractivity (Wildman–Crippen MR) is 122 cm³/mol. The smallest absolute Gasteiger partial charge is 0.164 e. The Labute approximate surface area is 177 Å². The van der Waals surface area contributed by atoms with Crippen LogP contribution in [0.1, 0.15) is 22.3 Å². The van der Waals surface area contributed by atoms with Gasteiger partial charge >= 0.3 is 0 Å². The lowest BCUT2D eigenvalue weighted by atomic mass is 10.0. The Morgan fingerprint density at radius 2 is 1.03 bits per heavy atom. The summed E-state index contributed by atoms with van der Waals surface area (Å²) in [5, 5.41) is 0. The Morgan fingerprint density at radius 3 is 1.47 bits per heavy atom. The summed E-state index contributed by atoms with van der Waals surface area (Å²) in [5.74, 6) is 2.82. The number of nitrogens with zero attached hydrogens (tertiary/aromatic N) is 3. The van der Waals surface area contributed by atoms with E-state index < -0.39 is 0 Å². The number of aromatic nitrogens is 3. The van der Waals surface area contributed by atoms with Crippen LogP contribution in [0.2, 0.25) is 0 Å². The SMILES string of the molecule is COc1ccc(-c2nc(-c3ccc(C)cc3C)nc(-c3ccc(C)cc3C)n2)cc1. The Kier molecular flexibility index (Phi) is 5.32. The first-order valence-electron chi connectivity index (χ1n) is 10.0. The first-order chi connectivity index (χ1) is 14.4. The van der Waals surface area contributed by atoms with Crippen molar-refractivity contribution in [3.8, 4) is 39.9 Å². The molecule has 1 aromatic heterocycles. The largest absolute Gasteiger partial charge is 0.497 e. The molecule has 0 N–H and O–H groups in total. The number of rotatable bonds is 4. The number of ether oxygens (including phenoxy) is 1. The summed E-state index contributed by atoms with van der Waals surface area (Å²) in [6, 6.07) is 20.5. The molecule has 4 nitrogen and oxygen atoms in total. The van der Waals surface area contributed by atoms with Crippen molar-refractivity contribution in [3.63, 3.8) is 0 Å². The lowest BCUT2D eigenvalue weighted by Crippen LogP contribution is -2.02. The number of methoxy groups -OCH3 is 1. The van der Waals surface area contributed by atoms with Gasteiger partial charge in [-0.25, -0.2) is 15.0 Å². The third-order valence-electron chi connectivity index (χ3n) is 5.23. The van der Waals surface area contributed by atoms with E-state index in [0.29, 0.717) is 17.5 Å². The maximum absolute atomic E-state index is 5.29. The van der Waals surface area contributed by atoms with Gasteiger partial charge in [-0.2, -0.15) is 0 Å². The maximum atomic E-state index is 5.29. The molecule has 0 spiro atoms. The summed E-state index contributed by atoms with van der Waals surface area (Å²) >= 11 is 0. The number of hydrogen-bond donors (Lipinski definition) is 0. The molecule has 0 saturated heterocycles. The number of aryl methyl sites for hydroxylation is 4. The fourth-order valence-electron chi connectivity index (χ4n) is 3.61. The van der Waals surface area contributed by atoms with Gasteiger partial charge in [0.05, 0.1) is 7.11 Å². The van der Waals surface area contributed by atoms with E-state index in [9.17, 15) is 0 Å². The van der Waals surface area contributed by atoms with Gasteiger partial charge in [0.1, 0.15) is 5.75 Å². The minimum atomic E-state index is 0.651. The monoisotopic (exact) mass is 395 g/mol. The first kappa shape index (κ1) is 19.8. The molecule has 0 amide bonds. The highest BCUT2D eigenvalue weighted by Crippen LogP contribution is 2.29. The summed E-state index contributed by atoms with van der Waals surface area (Å²) in [6.07, 6.45) is 0. The molecule has 0 saturated carbocycles. The van der Waals surface area contributed by atoms with Gasteiger partial charge in [0.25, 0.3) is 0 Å². The second kappa shape index (κ2) is 8.07. The molecule has 0 aliphatic carbocycles. The van der Waals surface area contributed by atoms with E-state index in [4.69, 9.17) is 19.7 Å². The lowest BCUT2D eigenvalue weighted by Gasteiger charge is -2.12. The summed E-state index contributed by atoms with van der Waals surface area (Å²) in [6.45, 7) is 8.37. The molecule has 150 valence electrons. The van der Waals surface area contributed by atoms with Crippen molar-refractivity contribution in [1.29, 1.82) is 0 Å². The van der Waals surface area contributed by atoms with Gasteiger partial charge in [0.2, 0.25) is 0 Å². The van der Waals surface area contributed by atoms with Crippen molar-refractivity contribution in [3.05, 3.63) is 82.9 Å². The average Bonchev–Trinajstić information content (AvgIpc) is 2.73. The van der Waals surface area contributed by atoms with Gasteiger partial charge < -0.3 is 4.74 Å². The summed E-state index contributed by atoms with van der Waals surface area (Å²) < 4.78 is 5.29. The van der Waals surface area contributed by atoms with E-state index in [0.717, 1.165) is 33.6 Å². The van der Waals surface area contributed by atoms with Crippen molar-refractivity contribution >= 4 is 0 Å². The second-order valence-corrected chi connectivity index (χ2v) is 7.67. The van der Waals surface area contributed by atoms with E-state index >= 15 is 0 Å². The van der Waals surface area contributed by atoms with E-state index in [1.807, 2.05) is 24.3 Å². The topological polar surface area (TPSA) is 47.9 Å². The maximum Gasteiger partial charge on any atom is 0.164 e. The highest BCUT2D eigenvalue weighted by Gasteiger charge is 2.15. The molecule has 3 aromatic carbocycles. The van der Waals surface area contributed by atoms with Crippen LogP contribution in [0.15, 0.2) is 60.7 Å². The standard InChI is InChI=1S/C26H25N3O/c1-16-6-12-22(18(3)14-16)25-27-24(20-8-10-21(30-5)11-9-20)28-26(29-25)23-13-7-17(2)15-19(23)4/h6-15H,1-5H3. The molecule has 30 heavy (non-hydrogen) atoms. The lowest BCUT2D eigenvalue weighted by molar-refractivity contribution is 0.415. The van der Waals surface area contributed by atoms with Gasteiger partial charge in [0, 0.05) is 16.7 Å². The molecule has 1 heterocycles. The Hall–Kier alpha value is -3.53. The van der Waals surface area contributed by atoms with Crippen LogP contribution in [0.25, 0.3) is 34.2 Å². The zero-order valence-corrected chi connectivity index (χ0v) is 18.0. The molecule has 4 aromatic rings. The van der Waals surface area contributed by atoms with Crippen molar-refractivity contribution in [2.75, 3.05) is 7.11 Å². The minimum Gasteiger partial charge on any atom is -0.497 e. The molecule has 0 bridgehead atoms. The number of hydrogen-bond acceptors (Lipinski definition) is 4. The first-order valence-corrected chi connectivity index (χ1v) is 10.0. The van der Waals surface area contributed by atoms with Crippen LogP contribution in [0.5, 0.6) is 5.75 Å². The van der Waals surface area contributed by atoms with Crippen LogP contribution in [0, 0.1) is 27.7 Å². The van der Waals surface area contributed by atoms with E-state index in [2.05, 4.69) is 64.1 Å². The van der Waals surface area contributed by atoms with Crippen molar-refractivity contribution < 1.29 is 4.74 Å². The molecule has 0 unspecified atom stereocenters. The molecule has 4 heteroatoms. The summed E-state index contributed by atoms with van der Waals surface area (Å²) in [5.41, 5.74) is 7.69. The Morgan fingerprint density at radius 1 is 0.567 bits per heavy atom.